The van der Waals surface area contributed by atoms with E-state index in [1.807, 2.05) is 41.0 Å². The van der Waals surface area contributed by atoms with Gasteiger partial charge < -0.3 is 9.88 Å². The van der Waals surface area contributed by atoms with Crippen LogP contribution in [0.1, 0.15) is 13.8 Å². The molecule has 0 saturated carbocycles. The third-order valence-electron chi connectivity index (χ3n) is 3.83. The SMILES string of the molecule is CC(C)Cn1c(SCC(=O)Nc2ccccc2)nnc1-c1ccc(Cl)cc1Cl. The molecule has 0 aliphatic carbocycles. The molecule has 2 aromatic carbocycles. The summed E-state index contributed by atoms with van der Waals surface area (Å²) in [6.45, 7) is 4.94. The minimum Gasteiger partial charge on any atom is -0.325 e. The van der Waals surface area contributed by atoms with Crippen LogP contribution in [0.3, 0.4) is 0 Å². The highest BCUT2D eigenvalue weighted by molar-refractivity contribution is 7.99. The summed E-state index contributed by atoms with van der Waals surface area (Å²) in [7, 11) is 0. The number of halogens is 2. The summed E-state index contributed by atoms with van der Waals surface area (Å²) in [6, 6.07) is 14.7. The summed E-state index contributed by atoms with van der Waals surface area (Å²) in [4.78, 5) is 12.3. The smallest absolute Gasteiger partial charge is 0.234 e. The molecule has 3 aromatic rings. The highest BCUT2D eigenvalue weighted by Crippen LogP contribution is 2.32. The molecule has 1 N–H and O–H groups in total. The quantitative estimate of drug-likeness (QED) is 0.488. The zero-order valence-corrected chi connectivity index (χ0v) is 17.9. The Morgan fingerprint density at radius 1 is 1.14 bits per heavy atom. The van der Waals surface area contributed by atoms with E-state index in [1.54, 1.807) is 12.1 Å². The number of rotatable bonds is 7. The first-order valence-corrected chi connectivity index (χ1v) is 10.5. The van der Waals surface area contributed by atoms with Crippen LogP contribution in [0, 0.1) is 5.92 Å². The third kappa shape index (κ3) is 5.28. The Bertz CT molecular complexity index is 960. The van der Waals surface area contributed by atoms with Gasteiger partial charge in [-0.1, -0.05) is 67.0 Å². The second kappa shape index (κ2) is 9.45. The summed E-state index contributed by atoms with van der Waals surface area (Å²) in [6.07, 6.45) is 0. The molecule has 0 aliphatic heterocycles. The zero-order valence-electron chi connectivity index (χ0n) is 15.5. The van der Waals surface area contributed by atoms with Gasteiger partial charge in [-0.25, -0.2) is 0 Å². The van der Waals surface area contributed by atoms with Crippen molar-refractivity contribution >= 4 is 46.6 Å². The molecule has 3 rings (SSSR count). The Balaban J connectivity index is 1.79. The molecule has 146 valence electrons. The average molecular weight is 435 g/mol. The molecule has 1 heterocycles. The highest BCUT2D eigenvalue weighted by atomic mass is 35.5. The molecule has 0 spiro atoms. The summed E-state index contributed by atoms with van der Waals surface area (Å²) in [5, 5.41) is 13.3. The predicted octanol–water partition coefficient (Wildman–Crippen LogP) is 5.64. The Kier molecular flexibility index (Phi) is 6.99. The normalized spacial score (nSPS) is 11.0. The van der Waals surface area contributed by atoms with Crippen LogP contribution in [-0.4, -0.2) is 26.4 Å². The van der Waals surface area contributed by atoms with Crippen LogP contribution >= 0.6 is 35.0 Å². The third-order valence-corrected chi connectivity index (χ3v) is 5.34. The maximum atomic E-state index is 12.3. The van der Waals surface area contributed by atoms with Gasteiger partial charge >= 0.3 is 0 Å². The van der Waals surface area contributed by atoms with E-state index in [0.29, 0.717) is 33.5 Å². The Hall–Kier alpha value is -2.02. The molecule has 0 unspecified atom stereocenters. The van der Waals surface area contributed by atoms with E-state index in [9.17, 15) is 4.79 Å². The number of amides is 1. The lowest BCUT2D eigenvalue weighted by molar-refractivity contribution is -0.113. The van der Waals surface area contributed by atoms with Gasteiger partial charge in [0.1, 0.15) is 0 Å². The van der Waals surface area contributed by atoms with Crippen LogP contribution in [0.5, 0.6) is 0 Å². The number of nitrogens with one attached hydrogen (secondary N) is 1. The van der Waals surface area contributed by atoms with E-state index < -0.39 is 0 Å². The van der Waals surface area contributed by atoms with Crippen LogP contribution in [0.25, 0.3) is 11.4 Å². The van der Waals surface area contributed by atoms with Crippen molar-refractivity contribution < 1.29 is 4.79 Å². The molecule has 28 heavy (non-hydrogen) atoms. The fraction of sp³-hybridized carbons (Fsp3) is 0.250. The number of para-hydroxylation sites is 1. The number of hydrogen-bond donors (Lipinski definition) is 1. The number of anilines is 1. The van der Waals surface area contributed by atoms with Crippen molar-refractivity contribution in [2.24, 2.45) is 5.92 Å². The molecule has 0 aliphatic rings. The Morgan fingerprint density at radius 2 is 1.89 bits per heavy atom. The minimum absolute atomic E-state index is 0.0960. The van der Waals surface area contributed by atoms with Gasteiger partial charge in [0.25, 0.3) is 0 Å². The number of carbonyl (C=O) groups excluding carboxylic acids is 1. The van der Waals surface area contributed by atoms with Gasteiger partial charge in [0.2, 0.25) is 5.91 Å². The molecule has 1 amide bonds. The lowest BCUT2D eigenvalue weighted by atomic mass is 10.2. The van der Waals surface area contributed by atoms with Gasteiger partial charge in [0, 0.05) is 22.8 Å². The van der Waals surface area contributed by atoms with E-state index in [1.165, 1.54) is 11.8 Å². The summed E-state index contributed by atoms with van der Waals surface area (Å²) in [5.74, 6) is 1.18. The monoisotopic (exact) mass is 434 g/mol. The number of thioether (sulfide) groups is 1. The number of aromatic nitrogens is 3. The molecular weight excluding hydrogens is 415 g/mol. The van der Waals surface area contributed by atoms with E-state index in [2.05, 4.69) is 29.4 Å². The Labute approximate surface area is 178 Å². The largest absolute Gasteiger partial charge is 0.325 e. The van der Waals surface area contributed by atoms with Crippen molar-refractivity contribution in [2.75, 3.05) is 11.1 Å². The molecular formula is C20H20Cl2N4OS. The van der Waals surface area contributed by atoms with Crippen molar-refractivity contribution in [3.63, 3.8) is 0 Å². The molecule has 0 radical (unpaired) electrons. The first-order chi connectivity index (χ1) is 13.4. The Morgan fingerprint density at radius 3 is 2.57 bits per heavy atom. The topological polar surface area (TPSA) is 59.8 Å². The molecule has 0 atom stereocenters. The molecule has 0 bridgehead atoms. The lowest BCUT2D eigenvalue weighted by Crippen LogP contribution is -2.15. The highest BCUT2D eigenvalue weighted by Gasteiger charge is 2.18. The van der Waals surface area contributed by atoms with Crippen molar-refractivity contribution in [3.05, 3.63) is 58.6 Å². The van der Waals surface area contributed by atoms with Crippen LogP contribution in [0.4, 0.5) is 5.69 Å². The van der Waals surface area contributed by atoms with Crippen molar-refractivity contribution in [1.29, 1.82) is 0 Å². The van der Waals surface area contributed by atoms with E-state index in [0.717, 1.165) is 11.3 Å². The van der Waals surface area contributed by atoms with Gasteiger partial charge in [0.15, 0.2) is 11.0 Å². The first-order valence-electron chi connectivity index (χ1n) is 8.80. The summed E-state index contributed by atoms with van der Waals surface area (Å²) in [5.41, 5.74) is 1.53. The molecule has 5 nitrogen and oxygen atoms in total. The maximum Gasteiger partial charge on any atom is 0.234 e. The molecule has 0 fully saturated rings. The van der Waals surface area contributed by atoms with Gasteiger partial charge in [-0.05, 0) is 36.2 Å². The van der Waals surface area contributed by atoms with E-state index >= 15 is 0 Å². The van der Waals surface area contributed by atoms with Gasteiger partial charge in [-0.2, -0.15) is 0 Å². The van der Waals surface area contributed by atoms with Crippen LogP contribution in [-0.2, 0) is 11.3 Å². The number of carbonyl (C=O) groups is 1. The zero-order chi connectivity index (χ0) is 20.1. The number of hydrogen-bond acceptors (Lipinski definition) is 4. The first kappa shape index (κ1) is 20.7. The van der Waals surface area contributed by atoms with Crippen molar-refractivity contribution in [2.45, 2.75) is 25.5 Å². The van der Waals surface area contributed by atoms with E-state index in [4.69, 9.17) is 23.2 Å². The van der Waals surface area contributed by atoms with Crippen molar-refractivity contribution in [1.82, 2.24) is 14.8 Å². The maximum absolute atomic E-state index is 12.3. The summed E-state index contributed by atoms with van der Waals surface area (Å²) < 4.78 is 2.00. The van der Waals surface area contributed by atoms with Crippen LogP contribution < -0.4 is 5.32 Å². The predicted molar refractivity (Wildman–Crippen MR) is 116 cm³/mol. The molecule has 0 saturated heterocycles. The van der Waals surface area contributed by atoms with Gasteiger partial charge in [-0.3, -0.25) is 4.79 Å². The fourth-order valence-electron chi connectivity index (χ4n) is 2.64. The number of benzene rings is 2. The lowest BCUT2D eigenvalue weighted by Gasteiger charge is -2.13. The molecule has 8 heteroatoms. The minimum atomic E-state index is -0.0960. The van der Waals surface area contributed by atoms with Crippen LogP contribution in [0.15, 0.2) is 53.7 Å². The van der Waals surface area contributed by atoms with E-state index in [-0.39, 0.29) is 11.7 Å². The fourth-order valence-corrected chi connectivity index (χ4v) is 3.88. The molecule has 1 aromatic heterocycles. The standard InChI is InChI=1S/C20H20Cl2N4OS/c1-13(2)11-26-19(16-9-8-14(21)10-17(16)22)24-25-20(26)28-12-18(27)23-15-6-4-3-5-7-15/h3-10,13H,11-12H2,1-2H3,(H,23,27). The second-order valence-corrected chi connectivity index (χ2v) is 8.42. The number of nitrogens with zero attached hydrogens (tertiary/aromatic N) is 3. The average Bonchev–Trinajstić information content (AvgIpc) is 3.02. The van der Waals surface area contributed by atoms with Crippen LogP contribution in [0.2, 0.25) is 10.0 Å². The second-order valence-electron chi connectivity index (χ2n) is 6.64. The summed E-state index contributed by atoms with van der Waals surface area (Å²) >= 11 is 13.7. The van der Waals surface area contributed by atoms with Gasteiger partial charge in [0.05, 0.1) is 10.8 Å². The van der Waals surface area contributed by atoms with Gasteiger partial charge in [-0.15, -0.1) is 10.2 Å². The van der Waals surface area contributed by atoms with Crippen molar-refractivity contribution in [3.8, 4) is 11.4 Å².